The van der Waals surface area contributed by atoms with Gasteiger partial charge in [0.15, 0.2) is 5.58 Å². The van der Waals surface area contributed by atoms with Crippen LogP contribution in [0.4, 0.5) is 0 Å². The molecule has 0 aliphatic carbocycles. The minimum Gasteiger partial charge on any atom is -0.356 e. The number of rotatable bonds is 8. The highest BCUT2D eigenvalue weighted by Gasteiger charge is 2.18. The van der Waals surface area contributed by atoms with Crippen molar-refractivity contribution in [1.82, 2.24) is 10.5 Å². The zero-order valence-electron chi connectivity index (χ0n) is 15.8. The van der Waals surface area contributed by atoms with Crippen molar-refractivity contribution in [3.05, 3.63) is 103 Å². The van der Waals surface area contributed by atoms with Crippen LogP contribution in [0, 0.1) is 0 Å². The van der Waals surface area contributed by atoms with Crippen molar-refractivity contribution in [3.8, 4) is 11.3 Å². The predicted molar refractivity (Wildman–Crippen MR) is 115 cm³/mol. The van der Waals surface area contributed by atoms with Crippen LogP contribution in [0.15, 0.2) is 96.0 Å². The number of hydrogen-bond acceptors (Lipinski definition) is 3. The van der Waals surface area contributed by atoms with E-state index in [0.29, 0.717) is 0 Å². The molecule has 1 atom stereocenters. The number of nitrogens with one attached hydrogen (secondary N) is 1. The molecule has 3 heteroatoms. The third kappa shape index (κ3) is 3.90. The highest BCUT2D eigenvalue weighted by molar-refractivity contribution is 5.92. The minimum atomic E-state index is 0.174. The van der Waals surface area contributed by atoms with Gasteiger partial charge in [-0.3, -0.25) is 0 Å². The Balaban J connectivity index is 1.61. The molecule has 0 spiro atoms. The first-order chi connectivity index (χ1) is 13.9. The van der Waals surface area contributed by atoms with Crippen LogP contribution in [0.3, 0.4) is 0 Å². The fraction of sp³-hybridized carbons (Fsp3) is 0.160. The summed E-state index contributed by atoms with van der Waals surface area (Å²) < 4.78 is 5.55. The molecule has 0 aliphatic heterocycles. The van der Waals surface area contributed by atoms with Gasteiger partial charge in [-0.25, -0.2) is 0 Å². The Morgan fingerprint density at radius 2 is 1.68 bits per heavy atom. The molecule has 140 valence electrons. The molecular weight excluding hydrogens is 344 g/mol. The van der Waals surface area contributed by atoms with Crippen molar-refractivity contribution < 1.29 is 4.52 Å². The first-order valence-electron chi connectivity index (χ1n) is 9.68. The Labute approximate surface area is 165 Å². The molecule has 1 aromatic heterocycles. The molecule has 0 bridgehead atoms. The highest BCUT2D eigenvalue weighted by Crippen LogP contribution is 2.34. The van der Waals surface area contributed by atoms with Crippen LogP contribution in [0.1, 0.15) is 23.6 Å². The van der Waals surface area contributed by atoms with Gasteiger partial charge >= 0.3 is 0 Å². The summed E-state index contributed by atoms with van der Waals surface area (Å²) in [5, 5.41) is 9.11. The monoisotopic (exact) mass is 368 g/mol. The van der Waals surface area contributed by atoms with Gasteiger partial charge in [0.2, 0.25) is 0 Å². The summed E-state index contributed by atoms with van der Waals surface area (Å²) in [5.74, 6) is 0. The van der Waals surface area contributed by atoms with Crippen LogP contribution in [0.25, 0.3) is 22.2 Å². The summed E-state index contributed by atoms with van der Waals surface area (Å²) in [7, 11) is 0. The Morgan fingerprint density at radius 3 is 2.54 bits per heavy atom. The van der Waals surface area contributed by atoms with Gasteiger partial charge in [-0.1, -0.05) is 78.0 Å². The number of hydrogen-bond donors (Lipinski definition) is 1. The Hall–Kier alpha value is -3.17. The molecule has 4 aromatic rings. The van der Waals surface area contributed by atoms with Gasteiger partial charge in [0, 0.05) is 17.0 Å². The van der Waals surface area contributed by atoms with E-state index in [-0.39, 0.29) is 6.04 Å². The topological polar surface area (TPSA) is 38.1 Å². The molecule has 1 unspecified atom stereocenters. The number of benzene rings is 3. The van der Waals surface area contributed by atoms with Gasteiger partial charge in [-0.05, 0) is 42.6 Å². The quantitative estimate of drug-likeness (QED) is 0.391. The lowest BCUT2D eigenvalue weighted by molar-refractivity contribution is 0.459. The molecule has 3 nitrogen and oxygen atoms in total. The molecule has 0 saturated carbocycles. The smallest absolute Gasteiger partial charge is 0.167 e. The highest BCUT2D eigenvalue weighted by atomic mass is 16.5. The molecule has 28 heavy (non-hydrogen) atoms. The summed E-state index contributed by atoms with van der Waals surface area (Å²) in [4.78, 5) is 0. The molecule has 0 radical (unpaired) electrons. The van der Waals surface area contributed by atoms with Gasteiger partial charge in [-0.2, -0.15) is 0 Å². The van der Waals surface area contributed by atoms with E-state index < -0.39 is 0 Å². The van der Waals surface area contributed by atoms with Gasteiger partial charge in [0.05, 0.1) is 0 Å². The number of para-hydroxylation sites is 1. The molecule has 1 heterocycles. The molecule has 0 aliphatic rings. The van der Waals surface area contributed by atoms with Crippen molar-refractivity contribution in [2.24, 2.45) is 0 Å². The predicted octanol–water partition coefficient (Wildman–Crippen LogP) is 5.94. The summed E-state index contributed by atoms with van der Waals surface area (Å²) in [6, 6.07) is 27.1. The van der Waals surface area contributed by atoms with Crippen LogP contribution < -0.4 is 5.32 Å². The van der Waals surface area contributed by atoms with E-state index in [4.69, 9.17) is 4.52 Å². The third-order valence-corrected chi connectivity index (χ3v) is 5.02. The van der Waals surface area contributed by atoms with E-state index in [0.717, 1.165) is 41.6 Å². The second kappa shape index (κ2) is 8.68. The van der Waals surface area contributed by atoms with Gasteiger partial charge in [0.25, 0.3) is 0 Å². The van der Waals surface area contributed by atoms with Gasteiger partial charge in [0.1, 0.15) is 5.69 Å². The fourth-order valence-corrected chi connectivity index (χ4v) is 3.62. The summed E-state index contributed by atoms with van der Waals surface area (Å²) >= 11 is 0. The van der Waals surface area contributed by atoms with E-state index in [1.165, 1.54) is 11.1 Å². The lowest BCUT2D eigenvalue weighted by atomic mass is 9.94. The van der Waals surface area contributed by atoms with E-state index in [2.05, 4.69) is 77.7 Å². The maximum absolute atomic E-state index is 5.55. The zero-order valence-corrected chi connectivity index (χ0v) is 15.8. The number of nitrogens with zero attached hydrogens (tertiary/aromatic N) is 1. The maximum Gasteiger partial charge on any atom is 0.167 e. The fourth-order valence-electron chi connectivity index (χ4n) is 3.62. The SMILES string of the molecule is C=CCC(NCCc1ccccc1)c1ccccc1-c1noc2ccccc12. The molecule has 0 fully saturated rings. The Kier molecular flexibility index (Phi) is 5.64. The van der Waals surface area contributed by atoms with Crippen LogP contribution >= 0.6 is 0 Å². The molecule has 3 aromatic carbocycles. The lowest BCUT2D eigenvalue weighted by Gasteiger charge is -2.20. The number of aromatic nitrogens is 1. The van der Waals surface area contributed by atoms with Gasteiger partial charge in [-0.15, -0.1) is 6.58 Å². The van der Waals surface area contributed by atoms with Crippen molar-refractivity contribution >= 4 is 11.0 Å². The molecule has 1 N–H and O–H groups in total. The summed E-state index contributed by atoms with van der Waals surface area (Å²) in [6.07, 6.45) is 3.81. The molecule has 0 amide bonds. The van der Waals surface area contributed by atoms with Crippen molar-refractivity contribution in [3.63, 3.8) is 0 Å². The average Bonchev–Trinajstić information content (AvgIpc) is 3.18. The molecular formula is C25H24N2O. The second-order valence-electron chi connectivity index (χ2n) is 6.88. The van der Waals surface area contributed by atoms with Crippen molar-refractivity contribution in [2.75, 3.05) is 6.54 Å². The maximum atomic E-state index is 5.55. The number of fused-ring (bicyclic) bond motifs is 1. The van der Waals surface area contributed by atoms with Crippen molar-refractivity contribution in [2.45, 2.75) is 18.9 Å². The first-order valence-corrected chi connectivity index (χ1v) is 9.68. The largest absolute Gasteiger partial charge is 0.356 e. The Morgan fingerprint density at radius 1 is 0.929 bits per heavy atom. The van der Waals surface area contributed by atoms with Crippen LogP contribution in [0.2, 0.25) is 0 Å². The van der Waals surface area contributed by atoms with E-state index >= 15 is 0 Å². The molecule has 4 rings (SSSR count). The summed E-state index contributed by atoms with van der Waals surface area (Å²) in [5.41, 5.74) is 5.36. The lowest BCUT2D eigenvalue weighted by Crippen LogP contribution is -2.24. The van der Waals surface area contributed by atoms with Crippen LogP contribution in [-0.2, 0) is 6.42 Å². The van der Waals surface area contributed by atoms with E-state index in [9.17, 15) is 0 Å². The standard InChI is InChI=1S/C25H24N2O/c1-2-10-23(26-18-17-19-11-4-3-5-12-19)20-13-6-7-14-21(20)25-22-15-8-9-16-24(22)28-27-25/h2-9,11-16,23,26H,1,10,17-18H2. The molecule has 0 saturated heterocycles. The van der Waals surface area contributed by atoms with Crippen LogP contribution in [-0.4, -0.2) is 11.7 Å². The summed E-state index contributed by atoms with van der Waals surface area (Å²) in [6.45, 7) is 4.86. The Bertz CT molecular complexity index is 1050. The minimum absolute atomic E-state index is 0.174. The van der Waals surface area contributed by atoms with E-state index in [1.54, 1.807) is 0 Å². The van der Waals surface area contributed by atoms with E-state index in [1.807, 2.05) is 24.3 Å². The second-order valence-corrected chi connectivity index (χ2v) is 6.88. The average molecular weight is 368 g/mol. The van der Waals surface area contributed by atoms with Crippen LogP contribution in [0.5, 0.6) is 0 Å². The van der Waals surface area contributed by atoms with Crippen molar-refractivity contribution in [1.29, 1.82) is 0 Å². The first kappa shape index (κ1) is 18.2. The third-order valence-electron chi connectivity index (χ3n) is 5.02. The zero-order chi connectivity index (χ0) is 19.2. The van der Waals surface area contributed by atoms with Gasteiger partial charge < -0.3 is 9.84 Å². The normalized spacial score (nSPS) is 12.1.